The van der Waals surface area contributed by atoms with Gasteiger partial charge in [-0.2, -0.15) is 5.26 Å². The molecule has 5 nitrogen and oxygen atoms in total. The average Bonchev–Trinajstić information content (AvgIpc) is 2.64. The van der Waals surface area contributed by atoms with Crippen molar-refractivity contribution in [3.8, 4) is 6.07 Å². The summed E-state index contributed by atoms with van der Waals surface area (Å²) in [5, 5.41) is 14.0. The zero-order chi connectivity index (χ0) is 17.2. The zero-order valence-corrected chi connectivity index (χ0v) is 14.0. The van der Waals surface area contributed by atoms with Crippen LogP contribution in [0.2, 0.25) is 0 Å². The molecule has 0 aliphatic heterocycles. The number of hydrogen-bond donors (Lipinski definition) is 2. The molecule has 1 aliphatic carbocycles. The third-order valence-corrected chi connectivity index (χ3v) is 4.58. The first-order chi connectivity index (χ1) is 11.7. The molecule has 1 saturated carbocycles. The van der Waals surface area contributed by atoms with Gasteiger partial charge in [0, 0.05) is 6.54 Å². The maximum Gasteiger partial charge on any atom is 0.233 e. The highest BCUT2D eigenvalue weighted by Gasteiger charge is 2.30. The van der Waals surface area contributed by atoms with Gasteiger partial charge in [0.15, 0.2) is 0 Å². The van der Waals surface area contributed by atoms with Crippen LogP contribution in [0.1, 0.15) is 44.1 Å². The lowest BCUT2D eigenvalue weighted by molar-refractivity contribution is -0.136. The van der Waals surface area contributed by atoms with Crippen molar-refractivity contribution in [2.45, 2.75) is 45.1 Å². The van der Waals surface area contributed by atoms with Gasteiger partial charge in [0.05, 0.1) is 6.07 Å². The number of amides is 2. The van der Waals surface area contributed by atoms with E-state index in [0.29, 0.717) is 18.9 Å². The number of hydrogen-bond acceptors (Lipinski definition) is 3. The van der Waals surface area contributed by atoms with Crippen LogP contribution in [-0.4, -0.2) is 18.4 Å². The number of nitriles is 1. The maximum absolute atomic E-state index is 12.5. The highest BCUT2D eigenvalue weighted by atomic mass is 16.2. The van der Waals surface area contributed by atoms with E-state index >= 15 is 0 Å². The first-order valence-electron chi connectivity index (χ1n) is 8.67. The summed E-state index contributed by atoms with van der Waals surface area (Å²) in [5.74, 6) is -0.892. The minimum Gasteiger partial charge on any atom is -0.351 e. The van der Waals surface area contributed by atoms with Crippen molar-refractivity contribution < 1.29 is 9.59 Å². The number of nitrogens with one attached hydrogen (secondary N) is 2. The first kappa shape index (κ1) is 18.0. The molecule has 2 rings (SSSR count). The second-order valence-corrected chi connectivity index (χ2v) is 6.37. The van der Waals surface area contributed by atoms with Crippen LogP contribution in [0.5, 0.6) is 0 Å². The van der Waals surface area contributed by atoms with E-state index in [0.717, 1.165) is 18.4 Å². The molecule has 1 fully saturated rings. The summed E-state index contributed by atoms with van der Waals surface area (Å²) in [4.78, 5) is 24.8. The SMILES string of the molecule is N#CCNC(=O)C(CC1CCCCC1)C(=O)NCc1ccccc1. The zero-order valence-electron chi connectivity index (χ0n) is 14.0. The summed E-state index contributed by atoms with van der Waals surface area (Å²) in [6.45, 7) is 0.346. The van der Waals surface area contributed by atoms with Crippen molar-refractivity contribution in [1.82, 2.24) is 10.6 Å². The molecule has 128 valence electrons. The van der Waals surface area contributed by atoms with E-state index in [4.69, 9.17) is 5.26 Å². The Morgan fingerprint density at radius 1 is 1.08 bits per heavy atom. The number of benzene rings is 1. The lowest BCUT2D eigenvalue weighted by atomic mass is 9.82. The molecular weight excluding hydrogens is 302 g/mol. The molecule has 0 radical (unpaired) electrons. The highest BCUT2D eigenvalue weighted by Crippen LogP contribution is 2.29. The third kappa shape index (κ3) is 5.69. The number of nitrogens with zero attached hydrogens (tertiary/aromatic N) is 1. The molecule has 1 aromatic carbocycles. The monoisotopic (exact) mass is 327 g/mol. The third-order valence-electron chi connectivity index (χ3n) is 4.58. The fourth-order valence-corrected chi connectivity index (χ4v) is 3.25. The summed E-state index contributed by atoms with van der Waals surface area (Å²) in [7, 11) is 0. The van der Waals surface area contributed by atoms with Gasteiger partial charge in [0.25, 0.3) is 0 Å². The Morgan fingerprint density at radius 2 is 1.75 bits per heavy atom. The summed E-state index contributed by atoms with van der Waals surface area (Å²) in [6, 6.07) is 11.5. The van der Waals surface area contributed by atoms with Crippen LogP contribution in [0.25, 0.3) is 0 Å². The topological polar surface area (TPSA) is 82.0 Å². The molecule has 0 saturated heterocycles. The lowest BCUT2D eigenvalue weighted by Gasteiger charge is -2.25. The van der Waals surface area contributed by atoms with Gasteiger partial charge in [-0.1, -0.05) is 62.4 Å². The Labute approximate surface area is 143 Å². The quantitative estimate of drug-likeness (QED) is 0.596. The molecule has 2 amide bonds. The molecule has 0 aromatic heterocycles. The van der Waals surface area contributed by atoms with E-state index in [9.17, 15) is 9.59 Å². The van der Waals surface area contributed by atoms with Gasteiger partial charge in [-0.3, -0.25) is 9.59 Å². The van der Waals surface area contributed by atoms with E-state index in [-0.39, 0.29) is 18.4 Å². The normalized spacial score (nSPS) is 16.0. The summed E-state index contributed by atoms with van der Waals surface area (Å²) >= 11 is 0. The van der Waals surface area contributed by atoms with Crippen molar-refractivity contribution in [3.63, 3.8) is 0 Å². The van der Waals surface area contributed by atoms with Crippen LogP contribution in [0.3, 0.4) is 0 Å². The van der Waals surface area contributed by atoms with E-state index in [1.807, 2.05) is 36.4 Å². The Balaban J connectivity index is 1.95. The fraction of sp³-hybridized carbons (Fsp3) is 0.526. The first-order valence-corrected chi connectivity index (χ1v) is 8.67. The smallest absolute Gasteiger partial charge is 0.233 e. The maximum atomic E-state index is 12.5. The Morgan fingerprint density at radius 3 is 2.42 bits per heavy atom. The van der Waals surface area contributed by atoms with Gasteiger partial charge in [0.1, 0.15) is 12.5 Å². The number of rotatable bonds is 7. The standard InChI is InChI=1S/C19H25N3O2/c20-11-12-21-18(23)17(13-15-7-3-1-4-8-15)19(24)22-14-16-9-5-2-6-10-16/h2,5-6,9-10,15,17H,1,3-4,7-8,12-14H2,(H,21,23)(H,22,24). The largest absolute Gasteiger partial charge is 0.351 e. The molecular formula is C19H25N3O2. The highest BCUT2D eigenvalue weighted by molar-refractivity contribution is 6.00. The molecule has 5 heteroatoms. The predicted octanol–water partition coefficient (Wildman–Crippen LogP) is 2.53. The van der Waals surface area contributed by atoms with Gasteiger partial charge in [-0.05, 0) is 17.9 Å². The molecule has 0 spiro atoms. The minimum atomic E-state index is -0.717. The van der Waals surface area contributed by atoms with E-state index < -0.39 is 5.92 Å². The van der Waals surface area contributed by atoms with Crippen molar-refractivity contribution >= 4 is 11.8 Å². The van der Waals surface area contributed by atoms with Crippen LogP contribution >= 0.6 is 0 Å². The van der Waals surface area contributed by atoms with Crippen molar-refractivity contribution in [3.05, 3.63) is 35.9 Å². The molecule has 1 aromatic rings. The summed E-state index contributed by atoms with van der Waals surface area (Å²) in [5.41, 5.74) is 1.000. The predicted molar refractivity (Wildman–Crippen MR) is 91.6 cm³/mol. The summed E-state index contributed by atoms with van der Waals surface area (Å²) in [6.07, 6.45) is 6.30. The van der Waals surface area contributed by atoms with Gasteiger partial charge in [0.2, 0.25) is 11.8 Å². The van der Waals surface area contributed by atoms with Crippen LogP contribution < -0.4 is 10.6 Å². The van der Waals surface area contributed by atoms with Crippen LogP contribution in [-0.2, 0) is 16.1 Å². The van der Waals surface area contributed by atoms with Crippen molar-refractivity contribution in [2.75, 3.05) is 6.54 Å². The van der Waals surface area contributed by atoms with Crippen LogP contribution in [0.15, 0.2) is 30.3 Å². The van der Waals surface area contributed by atoms with Crippen molar-refractivity contribution in [2.24, 2.45) is 11.8 Å². The second kappa shape index (κ2) is 9.71. The lowest BCUT2D eigenvalue weighted by Crippen LogP contribution is -2.42. The molecule has 1 unspecified atom stereocenters. The molecule has 0 bridgehead atoms. The number of carbonyl (C=O) groups is 2. The van der Waals surface area contributed by atoms with Crippen LogP contribution in [0.4, 0.5) is 0 Å². The summed E-state index contributed by atoms with van der Waals surface area (Å²) < 4.78 is 0. The van der Waals surface area contributed by atoms with E-state index in [1.54, 1.807) is 0 Å². The van der Waals surface area contributed by atoms with Gasteiger partial charge in [-0.15, -0.1) is 0 Å². The number of carbonyl (C=O) groups excluding carboxylic acids is 2. The molecule has 1 atom stereocenters. The Hall–Kier alpha value is -2.35. The fourth-order valence-electron chi connectivity index (χ4n) is 3.25. The van der Waals surface area contributed by atoms with E-state index in [1.165, 1.54) is 19.3 Å². The van der Waals surface area contributed by atoms with Crippen molar-refractivity contribution in [1.29, 1.82) is 5.26 Å². The minimum absolute atomic E-state index is 0.0635. The molecule has 0 heterocycles. The Bertz CT molecular complexity index is 574. The van der Waals surface area contributed by atoms with Crippen LogP contribution in [0, 0.1) is 23.2 Å². The molecule has 1 aliphatic rings. The molecule has 2 N–H and O–H groups in total. The average molecular weight is 327 g/mol. The Kier molecular flexibility index (Phi) is 7.28. The van der Waals surface area contributed by atoms with E-state index in [2.05, 4.69) is 10.6 Å². The van der Waals surface area contributed by atoms with Gasteiger partial charge >= 0.3 is 0 Å². The van der Waals surface area contributed by atoms with Gasteiger partial charge in [-0.25, -0.2) is 0 Å². The second-order valence-electron chi connectivity index (χ2n) is 6.37. The molecule has 24 heavy (non-hydrogen) atoms. The van der Waals surface area contributed by atoms with Gasteiger partial charge < -0.3 is 10.6 Å².